The largest absolute Gasteiger partial charge is 0.493 e. The summed E-state index contributed by atoms with van der Waals surface area (Å²) in [6.45, 7) is 7.60. The van der Waals surface area contributed by atoms with Crippen molar-refractivity contribution in [2.45, 2.75) is 113 Å². The van der Waals surface area contributed by atoms with E-state index in [0.29, 0.717) is 56.1 Å². The molecule has 7 aliphatic rings. The summed E-state index contributed by atoms with van der Waals surface area (Å²) < 4.78 is 23.7. The average molecular weight is 658 g/mol. The van der Waals surface area contributed by atoms with Gasteiger partial charge in [0.05, 0.1) is 37.1 Å². The van der Waals surface area contributed by atoms with Crippen molar-refractivity contribution >= 4 is 5.97 Å². The molecule has 7 fully saturated rings. The molecule has 0 aromatic heterocycles. The van der Waals surface area contributed by atoms with Crippen molar-refractivity contribution in [3.63, 3.8) is 0 Å². The monoisotopic (exact) mass is 657 g/mol. The van der Waals surface area contributed by atoms with E-state index >= 15 is 0 Å². The number of carbonyl (C=O) groups excluding carboxylic acids is 1. The topological polar surface area (TPSA) is 158 Å². The van der Waals surface area contributed by atoms with E-state index in [2.05, 4.69) is 18.7 Å². The summed E-state index contributed by atoms with van der Waals surface area (Å²) in [6, 6.07) is 4.65. The predicted octanol–water partition coefficient (Wildman–Crippen LogP) is 2.10. The molecule has 0 radical (unpaired) electrons. The smallest absolute Gasteiger partial charge is 0.338 e. The van der Waals surface area contributed by atoms with Crippen LogP contribution in [-0.4, -0.2) is 111 Å². The highest BCUT2D eigenvalue weighted by Crippen LogP contribution is 2.77. The first kappa shape index (κ1) is 32.2. The maximum absolute atomic E-state index is 13.5. The van der Waals surface area contributed by atoms with Crippen LogP contribution in [0.15, 0.2) is 18.2 Å². The maximum atomic E-state index is 13.5. The Labute approximate surface area is 276 Å². The molecule has 4 saturated carbocycles. The van der Waals surface area contributed by atoms with Gasteiger partial charge in [-0.1, -0.05) is 13.8 Å². The lowest BCUT2D eigenvalue weighted by Gasteiger charge is -2.63. The summed E-state index contributed by atoms with van der Waals surface area (Å²) >= 11 is 0. The Kier molecular flexibility index (Phi) is 7.05. The summed E-state index contributed by atoms with van der Waals surface area (Å²) in [4.78, 5) is 15.8. The number of methoxy groups -OCH3 is 2. The lowest BCUT2D eigenvalue weighted by Crippen LogP contribution is -2.76. The van der Waals surface area contributed by atoms with Crippen molar-refractivity contribution in [3.05, 3.63) is 23.8 Å². The van der Waals surface area contributed by atoms with Crippen molar-refractivity contribution in [1.29, 1.82) is 0 Å². The fraction of sp³-hybridized carbons (Fsp3) is 0.806. The van der Waals surface area contributed by atoms with E-state index in [1.54, 1.807) is 25.1 Å². The number of rotatable bonds is 4. The van der Waals surface area contributed by atoms with Crippen molar-refractivity contribution in [1.82, 2.24) is 4.90 Å². The van der Waals surface area contributed by atoms with Gasteiger partial charge in [-0.25, -0.2) is 4.79 Å². The lowest BCUT2D eigenvalue weighted by atomic mass is 9.49. The van der Waals surface area contributed by atoms with Crippen LogP contribution < -0.4 is 9.47 Å². The molecule has 260 valence electrons. The van der Waals surface area contributed by atoms with Crippen LogP contribution in [-0.2, 0) is 9.47 Å². The van der Waals surface area contributed by atoms with Gasteiger partial charge in [0.25, 0.3) is 0 Å². The summed E-state index contributed by atoms with van der Waals surface area (Å²) in [7, 11) is 3.01. The number of aliphatic hydroxyl groups is 5. The van der Waals surface area contributed by atoms with E-state index in [9.17, 15) is 30.3 Å². The van der Waals surface area contributed by atoms with Gasteiger partial charge in [0.2, 0.25) is 5.79 Å². The molecule has 1 aromatic rings. The first-order valence-corrected chi connectivity index (χ1v) is 17.6. The Balaban J connectivity index is 1.14. The maximum Gasteiger partial charge on any atom is 0.338 e. The zero-order valence-corrected chi connectivity index (χ0v) is 28.1. The highest BCUT2D eigenvalue weighted by atomic mass is 16.7. The van der Waals surface area contributed by atoms with Crippen LogP contribution in [0.3, 0.4) is 0 Å². The number of fused-ring (bicyclic) bond motifs is 5. The molecule has 15 atom stereocenters. The number of hydrogen-bond acceptors (Lipinski definition) is 11. The molecule has 4 bridgehead atoms. The highest BCUT2D eigenvalue weighted by molar-refractivity contribution is 5.90. The van der Waals surface area contributed by atoms with Crippen LogP contribution in [0.2, 0.25) is 0 Å². The first-order chi connectivity index (χ1) is 22.2. The molecule has 8 rings (SSSR count). The minimum absolute atomic E-state index is 0.125. The van der Waals surface area contributed by atoms with Crippen molar-refractivity contribution < 1.29 is 49.3 Å². The number of ether oxygens (including phenoxy) is 4. The van der Waals surface area contributed by atoms with Gasteiger partial charge in [-0.3, -0.25) is 4.90 Å². The van der Waals surface area contributed by atoms with Crippen molar-refractivity contribution in [3.8, 4) is 11.5 Å². The molecule has 11 heteroatoms. The van der Waals surface area contributed by atoms with E-state index in [4.69, 9.17) is 18.9 Å². The van der Waals surface area contributed by atoms with Crippen LogP contribution in [0.25, 0.3) is 0 Å². The SMILES string of the molecule is COc1ccc(C(=O)O[C@@H]2CC[C@@]3(C)[C@@H]4CC[C@H]5[C@]6(O)[C@@H](O)[C@H](O)[C@H]7[C@@H](CN8C[C@H](C)CC[C@H]8[C@@]7(C)O)[C@@H]6C[C@@]53O[C@@]42O)cc1OC. The van der Waals surface area contributed by atoms with Gasteiger partial charge in [0.1, 0.15) is 11.7 Å². The summed E-state index contributed by atoms with van der Waals surface area (Å²) in [5, 5.41) is 61.1. The molecule has 3 aliphatic heterocycles. The fourth-order valence-corrected chi connectivity index (χ4v) is 12.7. The van der Waals surface area contributed by atoms with Crippen LogP contribution in [0.4, 0.5) is 0 Å². The lowest BCUT2D eigenvalue weighted by molar-refractivity contribution is -0.290. The first-order valence-electron chi connectivity index (χ1n) is 17.6. The van der Waals surface area contributed by atoms with Crippen LogP contribution >= 0.6 is 0 Å². The number of esters is 1. The fourth-order valence-electron chi connectivity index (χ4n) is 12.7. The zero-order chi connectivity index (χ0) is 33.5. The summed E-state index contributed by atoms with van der Waals surface area (Å²) in [6.07, 6.45) is 0.454. The van der Waals surface area contributed by atoms with Crippen molar-refractivity contribution in [2.24, 2.45) is 40.9 Å². The van der Waals surface area contributed by atoms with E-state index in [1.807, 2.05) is 0 Å². The molecular weight excluding hydrogens is 606 g/mol. The van der Waals surface area contributed by atoms with E-state index < -0.39 is 70.0 Å². The number of piperidine rings is 2. The Morgan fingerprint density at radius 2 is 1.68 bits per heavy atom. The zero-order valence-electron chi connectivity index (χ0n) is 28.1. The van der Waals surface area contributed by atoms with Gasteiger partial charge in [-0.05, 0) is 87.8 Å². The standard InChI is InChI=1S/C36H51NO10/c1-18-6-11-26-33(3,41)28-20(17-37(26)16-18)21-15-34-25(35(21,42)30(39)29(28)38)10-9-24-32(34,2)13-12-27(36(24,43)47-34)46-31(40)19-7-8-22(44-4)23(14-19)45-5/h7-8,14,18,20-21,24-30,38-39,41-43H,6,9-13,15-17H2,1-5H3/t18-,20+,21+,24+,25-,26+,27-,28-,29-,30+,32+,33-,34-,35+,36+/m1/s1. The van der Waals surface area contributed by atoms with Crippen LogP contribution in [0.5, 0.6) is 11.5 Å². The normalized spacial score (nSPS) is 52.9. The second-order valence-corrected chi connectivity index (χ2v) is 16.5. The molecular formula is C36H51NO10. The minimum atomic E-state index is -1.79. The van der Waals surface area contributed by atoms with E-state index in [0.717, 1.165) is 19.4 Å². The van der Waals surface area contributed by atoms with Gasteiger partial charge in [0.15, 0.2) is 17.6 Å². The number of nitrogens with zero attached hydrogens (tertiary/aromatic N) is 1. The number of aliphatic hydroxyl groups excluding tert-OH is 2. The van der Waals surface area contributed by atoms with Crippen molar-refractivity contribution in [2.75, 3.05) is 27.3 Å². The molecule has 3 heterocycles. The quantitative estimate of drug-likeness (QED) is 0.302. The van der Waals surface area contributed by atoms with E-state index in [-0.39, 0.29) is 23.4 Å². The molecule has 1 aromatic carbocycles. The van der Waals surface area contributed by atoms with Gasteiger partial charge in [-0.15, -0.1) is 0 Å². The number of carbonyl (C=O) groups is 1. The molecule has 5 N–H and O–H groups in total. The third kappa shape index (κ3) is 3.91. The second-order valence-electron chi connectivity index (χ2n) is 16.5. The Morgan fingerprint density at radius 3 is 2.40 bits per heavy atom. The number of hydrogen-bond donors (Lipinski definition) is 5. The van der Waals surface area contributed by atoms with E-state index in [1.165, 1.54) is 14.2 Å². The molecule has 0 amide bonds. The molecule has 3 saturated heterocycles. The minimum Gasteiger partial charge on any atom is -0.493 e. The van der Waals surface area contributed by atoms with Gasteiger partial charge in [-0.2, -0.15) is 0 Å². The molecule has 4 aliphatic carbocycles. The second kappa shape index (κ2) is 10.3. The third-order valence-electron chi connectivity index (χ3n) is 14.7. The summed E-state index contributed by atoms with van der Waals surface area (Å²) in [5.41, 5.74) is -4.24. The molecule has 0 unspecified atom stereocenters. The number of benzene rings is 1. The summed E-state index contributed by atoms with van der Waals surface area (Å²) in [5.74, 6) is -3.32. The molecule has 47 heavy (non-hydrogen) atoms. The average Bonchev–Trinajstić information content (AvgIpc) is 3.28. The molecule has 1 spiro atoms. The predicted molar refractivity (Wildman–Crippen MR) is 168 cm³/mol. The Morgan fingerprint density at radius 1 is 0.957 bits per heavy atom. The van der Waals surface area contributed by atoms with Gasteiger partial charge >= 0.3 is 5.97 Å². The van der Waals surface area contributed by atoms with Crippen LogP contribution in [0.1, 0.15) is 76.1 Å². The highest BCUT2D eigenvalue weighted by Gasteiger charge is 2.85. The van der Waals surface area contributed by atoms with Gasteiger partial charge < -0.3 is 44.5 Å². The Hall–Kier alpha value is -1.99. The Bertz CT molecular complexity index is 1450. The van der Waals surface area contributed by atoms with Crippen LogP contribution in [0, 0.1) is 40.9 Å². The third-order valence-corrected chi connectivity index (χ3v) is 14.7. The molecule has 11 nitrogen and oxygen atoms in total. The van der Waals surface area contributed by atoms with Gasteiger partial charge in [0, 0.05) is 42.3 Å².